The van der Waals surface area contributed by atoms with Crippen LogP contribution >= 0.6 is 23.3 Å². The maximum atomic E-state index is 13.2. The molecular weight excluding hydrogens is 576 g/mol. The summed E-state index contributed by atoms with van der Waals surface area (Å²) in [7, 11) is 1.56. The largest absolute Gasteiger partial charge is 0.477 e. The summed E-state index contributed by atoms with van der Waals surface area (Å²) in [5, 5.41) is 16.0. The van der Waals surface area contributed by atoms with E-state index >= 15 is 0 Å². The summed E-state index contributed by atoms with van der Waals surface area (Å²) in [4.78, 5) is 53.3. The number of pyridine rings is 1. The van der Waals surface area contributed by atoms with Crippen molar-refractivity contribution in [2.24, 2.45) is 10.9 Å². The zero-order chi connectivity index (χ0) is 29.3. The van der Waals surface area contributed by atoms with Crippen LogP contribution in [0.5, 0.6) is 0 Å². The molecule has 3 aromatic heterocycles. The molecule has 0 bridgehead atoms. The molecule has 3 aromatic rings. The first-order valence-corrected chi connectivity index (χ1v) is 14.2. The van der Waals surface area contributed by atoms with E-state index < -0.39 is 35.4 Å². The SMILES string of the molecule is CCO/N=C(\C(=O)NC1C(=O)N2C(C(=O)O)=C(C[n+]3cccc4c3ncn4C(N)COC)CSC12)c1nsc(N)n1. The van der Waals surface area contributed by atoms with Crippen LogP contribution in [0.4, 0.5) is 5.13 Å². The van der Waals surface area contributed by atoms with Gasteiger partial charge in [-0.2, -0.15) is 9.36 Å². The first-order chi connectivity index (χ1) is 19.7. The molecule has 3 unspecified atom stereocenters. The van der Waals surface area contributed by atoms with Gasteiger partial charge < -0.3 is 31.5 Å². The van der Waals surface area contributed by atoms with E-state index in [1.165, 1.54) is 16.7 Å². The molecule has 0 aromatic carbocycles. The van der Waals surface area contributed by atoms with Crippen LogP contribution in [0.3, 0.4) is 0 Å². The van der Waals surface area contributed by atoms with Gasteiger partial charge in [-0.05, 0) is 24.0 Å². The summed E-state index contributed by atoms with van der Waals surface area (Å²) >= 11 is 2.22. The number of thioether (sulfide) groups is 1. The molecular formula is C23H27N10O6S2+. The zero-order valence-electron chi connectivity index (χ0n) is 22.0. The molecule has 0 aliphatic carbocycles. The van der Waals surface area contributed by atoms with Crippen molar-refractivity contribution in [3.8, 4) is 0 Å². The highest BCUT2D eigenvalue weighted by atomic mass is 32.2. The predicted molar refractivity (Wildman–Crippen MR) is 147 cm³/mol. The number of carbonyl (C=O) groups excluding carboxylic acids is 2. The van der Waals surface area contributed by atoms with E-state index in [1.807, 2.05) is 12.1 Å². The molecule has 2 amide bonds. The summed E-state index contributed by atoms with van der Waals surface area (Å²) in [5.74, 6) is -2.29. The molecule has 1 saturated heterocycles. The van der Waals surface area contributed by atoms with Gasteiger partial charge in [-0.15, -0.1) is 11.8 Å². The normalized spacial score (nSPS) is 19.6. The monoisotopic (exact) mass is 603 g/mol. The van der Waals surface area contributed by atoms with Crippen molar-refractivity contribution < 1.29 is 33.6 Å². The molecule has 0 radical (unpaired) electrons. The Morgan fingerprint density at radius 3 is 2.90 bits per heavy atom. The fourth-order valence-electron chi connectivity index (χ4n) is 4.56. The van der Waals surface area contributed by atoms with Crippen LogP contribution < -0.4 is 21.4 Å². The number of hydrogen-bond donors (Lipinski definition) is 4. The van der Waals surface area contributed by atoms with Crippen LogP contribution in [0, 0.1) is 0 Å². The predicted octanol–water partition coefficient (Wildman–Crippen LogP) is -0.959. The molecule has 2 aliphatic rings. The van der Waals surface area contributed by atoms with Crippen LogP contribution in [-0.4, -0.2) is 89.9 Å². The molecule has 0 saturated carbocycles. The number of oxime groups is 1. The summed E-state index contributed by atoms with van der Waals surface area (Å²) in [6.07, 6.45) is 2.94. The molecule has 2 aliphatic heterocycles. The quantitative estimate of drug-likeness (QED) is 0.0902. The van der Waals surface area contributed by atoms with Gasteiger partial charge in [-0.1, -0.05) is 5.16 Å². The Morgan fingerprint density at radius 2 is 2.22 bits per heavy atom. The smallest absolute Gasteiger partial charge is 0.352 e. The third-order valence-electron chi connectivity index (χ3n) is 6.35. The fraction of sp³-hybridized carbons (Fsp3) is 0.391. The van der Waals surface area contributed by atoms with E-state index in [0.717, 1.165) is 17.0 Å². The molecule has 5 heterocycles. The Morgan fingerprint density at radius 1 is 1.41 bits per heavy atom. The number of carbonyl (C=O) groups is 3. The number of ether oxygens (including phenoxy) is 1. The van der Waals surface area contributed by atoms with E-state index in [9.17, 15) is 19.5 Å². The van der Waals surface area contributed by atoms with Crippen molar-refractivity contribution in [3.05, 3.63) is 41.8 Å². The zero-order valence-corrected chi connectivity index (χ0v) is 23.6. The number of carboxylic acids is 1. The number of methoxy groups -OCH3 is 1. The minimum Gasteiger partial charge on any atom is -0.477 e. The number of β-lactam (4-membered cyclic amide) rings is 1. The molecule has 18 heteroatoms. The number of imidazole rings is 1. The Labute approximate surface area is 241 Å². The van der Waals surface area contributed by atoms with Crippen LogP contribution in [-0.2, 0) is 30.5 Å². The van der Waals surface area contributed by atoms with Crippen molar-refractivity contribution in [1.29, 1.82) is 0 Å². The number of nitrogen functional groups attached to an aromatic ring is 1. The van der Waals surface area contributed by atoms with Gasteiger partial charge >= 0.3 is 11.6 Å². The first kappa shape index (κ1) is 28.4. The average Bonchev–Trinajstić information content (AvgIpc) is 3.58. The minimum absolute atomic E-state index is 0.0383. The van der Waals surface area contributed by atoms with Gasteiger partial charge in [0.15, 0.2) is 5.13 Å². The number of amides is 2. The molecule has 16 nitrogen and oxygen atoms in total. The van der Waals surface area contributed by atoms with E-state index in [-0.39, 0.29) is 42.1 Å². The summed E-state index contributed by atoms with van der Waals surface area (Å²) < 4.78 is 12.7. The molecule has 216 valence electrons. The van der Waals surface area contributed by atoms with Gasteiger partial charge in [0, 0.05) is 30.0 Å². The van der Waals surface area contributed by atoms with Gasteiger partial charge in [0.1, 0.15) is 41.9 Å². The Bertz CT molecular complexity index is 1570. The number of fused-ring (bicyclic) bond motifs is 2. The molecule has 0 spiro atoms. The van der Waals surface area contributed by atoms with E-state index in [4.69, 9.17) is 21.0 Å². The summed E-state index contributed by atoms with van der Waals surface area (Å²) in [6, 6.07) is 2.68. The van der Waals surface area contributed by atoms with Crippen molar-refractivity contribution >= 4 is 63.1 Å². The van der Waals surface area contributed by atoms with Crippen molar-refractivity contribution in [2.75, 3.05) is 31.8 Å². The molecule has 3 atom stereocenters. The second kappa shape index (κ2) is 11.8. The minimum atomic E-state index is -1.25. The number of rotatable bonds is 11. The van der Waals surface area contributed by atoms with Gasteiger partial charge in [0.05, 0.1) is 12.8 Å². The maximum Gasteiger partial charge on any atom is 0.352 e. The van der Waals surface area contributed by atoms with Crippen molar-refractivity contribution in [3.63, 3.8) is 0 Å². The van der Waals surface area contributed by atoms with Crippen LogP contribution in [0.15, 0.2) is 41.1 Å². The molecule has 41 heavy (non-hydrogen) atoms. The van der Waals surface area contributed by atoms with Gasteiger partial charge in [-0.3, -0.25) is 19.1 Å². The topological polar surface area (TPSA) is 217 Å². The lowest BCUT2D eigenvalue weighted by molar-refractivity contribution is -0.664. The number of aromatic nitrogens is 5. The van der Waals surface area contributed by atoms with Gasteiger partial charge in [-0.25, -0.2) is 9.36 Å². The second-order valence-corrected chi connectivity index (χ2v) is 10.8. The third-order valence-corrected chi connectivity index (χ3v) is 8.23. The van der Waals surface area contributed by atoms with Crippen LogP contribution in [0.1, 0.15) is 18.9 Å². The van der Waals surface area contributed by atoms with Gasteiger partial charge in [0.2, 0.25) is 17.9 Å². The molecule has 6 N–H and O–H groups in total. The highest BCUT2D eigenvalue weighted by molar-refractivity contribution is 8.00. The highest BCUT2D eigenvalue weighted by Gasteiger charge is 2.54. The second-order valence-electron chi connectivity index (χ2n) is 8.95. The summed E-state index contributed by atoms with van der Waals surface area (Å²) in [5.41, 5.74) is 13.3. The van der Waals surface area contributed by atoms with E-state index in [2.05, 4.69) is 24.8 Å². The van der Waals surface area contributed by atoms with Crippen LogP contribution in [0.2, 0.25) is 0 Å². The fourth-order valence-corrected chi connectivity index (χ4v) is 6.33. The average molecular weight is 604 g/mol. The van der Waals surface area contributed by atoms with Crippen molar-refractivity contribution in [2.45, 2.75) is 31.0 Å². The molecule has 1 fully saturated rings. The lowest BCUT2D eigenvalue weighted by Crippen LogP contribution is -2.71. The lowest BCUT2D eigenvalue weighted by atomic mass is 10.0. The summed E-state index contributed by atoms with van der Waals surface area (Å²) in [6.45, 7) is 2.34. The van der Waals surface area contributed by atoms with Crippen LogP contribution in [0.25, 0.3) is 11.2 Å². The van der Waals surface area contributed by atoms with E-state index in [1.54, 1.807) is 35.7 Å². The number of aliphatic carboxylic acids is 1. The number of nitrogens with one attached hydrogen (secondary N) is 1. The Kier molecular flexibility index (Phi) is 8.15. The first-order valence-electron chi connectivity index (χ1n) is 12.3. The van der Waals surface area contributed by atoms with Crippen molar-refractivity contribution in [1.82, 2.24) is 29.1 Å². The van der Waals surface area contributed by atoms with Gasteiger partial charge in [0.25, 0.3) is 11.8 Å². The number of hydrogen-bond acceptors (Lipinski definition) is 13. The Balaban J connectivity index is 1.37. The number of nitrogens with zero attached hydrogens (tertiary/aromatic N) is 7. The standard InChI is InChI=1S/C23H26N10O6S2/c1-3-39-29-14(17-28-23(25)41-30-17)19(34)27-15-20(35)33-16(22(36)37)11(9-40-21(15)33)7-31-6-4-5-12-18(31)26-10-32(12)13(24)8-38-2/h4-6,10,13,15,21H,3,7-9,24H2,1-2H3,(H3-,25,27,28,30,34,36,37)/p+1/b29-14-. The number of nitrogens with two attached hydrogens (primary N) is 2. The number of carboxylic acid groups (broad SMARTS) is 1. The lowest BCUT2D eigenvalue weighted by Gasteiger charge is -2.49. The Hall–Kier alpha value is -4.13. The third kappa shape index (κ3) is 5.33. The van der Waals surface area contributed by atoms with E-state index in [0.29, 0.717) is 17.0 Å². The highest BCUT2D eigenvalue weighted by Crippen LogP contribution is 2.40. The number of anilines is 1. The maximum absolute atomic E-state index is 13.2. The molecule has 5 rings (SSSR count).